The average Bonchev–Trinajstić information content (AvgIpc) is 2.69. The third kappa shape index (κ3) is 5.40. The Morgan fingerprint density at radius 2 is 1.44 bits per heavy atom. The van der Waals surface area contributed by atoms with Crippen molar-refractivity contribution in [3.8, 4) is 5.75 Å². The van der Waals surface area contributed by atoms with E-state index in [4.69, 9.17) is 9.47 Å². The molecule has 0 amide bonds. The highest BCUT2D eigenvalue weighted by atomic mass is 127. The molecular formula is C22H17IO4. The van der Waals surface area contributed by atoms with Crippen LogP contribution in [-0.4, -0.2) is 18.5 Å². The molecule has 3 rings (SSSR count). The molecule has 0 saturated heterocycles. The summed E-state index contributed by atoms with van der Waals surface area (Å²) in [5.74, 6) is -0.458. The molecule has 0 saturated carbocycles. The summed E-state index contributed by atoms with van der Waals surface area (Å²) in [7, 11) is 0. The van der Waals surface area contributed by atoms with E-state index in [0.29, 0.717) is 29.9 Å². The number of ether oxygens (including phenoxy) is 2. The van der Waals surface area contributed by atoms with Crippen LogP contribution in [0.15, 0.2) is 78.9 Å². The zero-order valence-corrected chi connectivity index (χ0v) is 16.6. The first-order chi connectivity index (χ1) is 13.1. The first kappa shape index (κ1) is 19.1. The van der Waals surface area contributed by atoms with Crippen molar-refractivity contribution in [2.75, 3.05) is 6.61 Å². The minimum absolute atomic E-state index is 0.312. The highest BCUT2D eigenvalue weighted by Crippen LogP contribution is 2.18. The molecule has 27 heavy (non-hydrogen) atoms. The molecule has 136 valence electrons. The summed E-state index contributed by atoms with van der Waals surface area (Å²) >= 11 is 2.09. The van der Waals surface area contributed by atoms with E-state index < -0.39 is 11.9 Å². The van der Waals surface area contributed by atoms with Crippen LogP contribution in [0.2, 0.25) is 0 Å². The summed E-state index contributed by atoms with van der Waals surface area (Å²) in [5.41, 5.74) is 2.03. The van der Waals surface area contributed by atoms with Gasteiger partial charge in [0.1, 0.15) is 5.75 Å². The highest BCUT2D eigenvalue weighted by molar-refractivity contribution is 14.1. The van der Waals surface area contributed by atoms with E-state index in [1.807, 2.05) is 42.5 Å². The fourth-order valence-electron chi connectivity index (χ4n) is 2.44. The average molecular weight is 472 g/mol. The van der Waals surface area contributed by atoms with Crippen molar-refractivity contribution in [2.24, 2.45) is 0 Å². The van der Waals surface area contributed by atoms with Gasteiger partial charge in [-0.3, -0.25) is 0 Å². The lowest BCUT2D eigenvalue weighted by molar-refractivity contribution is 0.0509. The van der Waals surface area contributed by atoms with Crippen LogP contribution in [0.25, 0.3) is 0 Å². The Morgan fingerprint density at radius 3 is 2.15 bits per heavy atom. The van der Waals surface area contributed by atoms with Crippen LogP contribution in [-0.2, 0) is 11.2 Å². The van der Waals surface area contributed by atoms with E-state index in [1.165, 1.54) is 0 Å². The second kappa shape index (κ2) is 9.32. The van der Waals surface area contributed by atoms with Gasteiger partial charge in [0.15, 0.2) is 0 Å². The van der Waals surface area contributed by atoms with Crippen LogP contribution in [0.4, 0.5) is 0 Å². The molecule has 0 fully saturated rings. The van der Waals surface area contributed by atoms with E-state index in [0.717, 1.165) is 9.13 Å². The minimum atomic E-state index is -0.432. The molecule has 0 aromatic heterocycles. The van der Waals surface area contributed by atoms with Crippen LogP contribution >= 0.6 is 22.6 Å². The number of halogens is 1. The van der Waals surface area contributed by atoms with Crippen LogP contribution in [0, 0.1) is 3.57 Å². The molecule has 0 unspecified atom stereocenters. The second-order valence-electron chi connectivity index (χ2n) is 5.77. The SMILES string of the molecule is O=C(OCCc1ccccc1)c1ccc(OC(=O)c2ccccc2I)cc1. The summed E-state index contributed by atoms with van der Waals surface area (Å²) < 4.78 is 11.5. The number of benzene rings is 3. The summed E-state index contributed by atoms with van der Waals surface area (Å²) in [6.45, 7) is 0.312. The molecule has 0 aliphatic rings. The summed E-state index contributed by atoms with van der Waals surface area (Å²) in [6, 6.07) is 23.4. The van der Waals surface area contributed by atoms with Gasteiger partial charge in [0.05, 0.1) is 17.7 Å². The number of hydrogen-bond acceptors (Lipinski definition) is 4. The first-order valence-corrected chi connectivity index (χ1v) is 9.49. The van der Waals surface area contributed by atoms with Gasteiger partial charge < -0.3 is 9.47 Å². The van der Waals surface area contributed by atoms with E-state index in [9.17, 15) is 9.59 Å². The molecule has 0 N–H and O–H groups in total. The Bertz CT molecular complexity index is 921. The van der Waals surface area contributed by atoms with Gasteiger partial charge in [0.25, 0.3) is 0 Å². The monoisotopic (exact) mass is 472 g/mol. The number of rotatable bonds is 6. The molecule has 3 aromatic rings. The van der Waals surface area contributed by atoms with Crippen LogP contribution in [0.5, 0.6) is 5.75 Å². The van der Waals surface area contributed by atoms with Crippen LogP contribution in [0.1, 0.15) is 26.3 Å². The number of esters is 2. The standard InChI is InChI=1S/C22H17IO4/c23-20-9-5-4-8-19(20)22(25)27-18-12-10-17(11-13-18)21(24)26-15-14-16-6-2-1-3-7-16/h1-13H,14-15H2. The maximum atomic E-state index is 12.2. The molecule has 0 aliphatic carbocycles. The molecule has 3 aromatic carbocycles. The Hall–Kier alpha value is -2.67. The molecule has 0 heterocycles. The van der Waals surface area contributed by atoms with Crippen molar-refractivity contribution < 1.29 is 19.1 Å². The van der Waals surface area contributed by atoms with Crippen molar-refractivity contribution in [3.05, 3.63) is 99.1 Å². The van der Waals surface area contributed by atoms with E-state index in [1.54, 1.807) is 36.4 Å². The molecular weight excluding hydrogens is 455 g/mol. The Kier molecular flexibility index (Phi) is 6.59. The molecule has 0 spiro atoms. The van der Waals surface area contributed by atoms with E-state index >= 15 is 0 Å². The predicted octanol–water partition coefficient (Wildman–Crippen LogP) is 4.91. The maximum Gasteiger partial charge on any atom is 0.344 e. The van der Waals surface area contributed by atoms with Crippen LogP contribution < -0.4 is 4.74 Å². The Labute approximate surface area is 171 Å². The quantitative estimate of drug-likeness (QED) is 0.291. The number of hydrogen-bond donors (Lipinski definition) is 0. The maximum absolute atomic E-state index is 12.2. The molecule has 0 radical (unpaired) electrons. The number of carbonyl (C=O) groups is 2. The van der Waals surface area contributed by atoms with Crippen molar-refractivity contribution in [2.45, 2.75) is 6.42 Å². The lowest BCUT2D eigenvalue weighted by atomic mass is 10.2. The van der Waals surface area contributed by atoms with Gasteiger partial charge in [-0.25, -0.2) is 9.59 Å². The smallest absolute Gasteiger partial charge is 0.344 e. The summed E-state index contributed by atoms with van der Waals surface area (Å²) in [5, 5.41) is 0. The number of carbonyl (C=O) groups excluding carboxylic acids is 2. The lowest BCUT2D eigenvalue weighted by Crippen LogP contribution is -2.11. The van der Waals surface area contributed by atoms with E-state index in [2.05, 4.69) is 22.6 Å². The zero-order chi connectivity index (χ0) is 19.1. The third-order valence-electron chi connectivity index (χ3n) is 3.86. The van der Waals surface area contributed by atoms with E-state index in [-0.39, 0.29) is 0 Å². The van der Waals surface area contributed by atoms with Gasteiger partial charge >= 0.3 is 11.9 Å². The molecule has 0 atom stereocenters. The largest absolute Gasteiger partial charge is 0.462 e. The molecule has 4 nitrogen and oxygen atoms in total. The van der Waals surface area contributed by atoms with Crippen molar-refractivity contribution in [1.29, 1.82) is 0 Å². The summed E-state index contributed by atoms with van der Waals surface area (Å²) in [4.78, 5) is 24.3. The van der Waals surface area contributed by atoms with Gasteiger partial charge in [-0.2, -0.15) is 0 Å². The fraction of sp³-hybridized carbons (Fsp3) is 0.0909. The topological polar surface area (TPSA) is 52.6 Å². The van der Waals surface area contributed by atoms with Gasteiger partial charge in [0.2, 0.25) is 0 Å². The Morgan fingerprint density at radius 1 is 0.778 bits per heavy atom. The molecule has 0 bridgehead atoms. The van der Waals surface area contributed by atoms with Crippen molar-refractivity contribution in [1.82, 2.24) is 0 Å². The van der Waals surface area contributed by atoms with Gasteiger partial charge in [-0.1, -0.05) is 42.5 Å². The Balaban J connectivity index is 1.54. The van der Waals surface area contributed by atoms with Crippen LogP contribution in [0.3, 0.4) is 0 Å². The highest BCUT2D eigenvalue weighted by Gasteiger charge is 2.13. The van der Waals surface area contributed by atoms with Crippen molar-refractivity contribution >= 4 is 34.5 Å². The minimum Gasteiger partial charge on any atom is -0.462 e. The normalized spacial score (nSPS) is 10.3. The van der Waals surface area contributed by atoms with Gasteiger partial charge in [-0.15, -0.1) is 0 Å². The zero-order valence-electron chi connectivity index (χ0n) is 14.4. The molecule has 5 heteroatoms. The second-order valence-corrected chi connectivity index (χ2v) is 6.93. The first-order valence-electron chi connectivity index (χ1n) is 8.41. The predicted molar refractivity (Wildman–Crippen MR) is 111 cm³/mol. The third-order valence-corrected chi connectivity index (χ3v) is 4.80. The van der Waals surface area contributed by atoms with Gasteiger partial charge in [-0.05, 0) is 64.6 Å². The fourth-order valence-corrected chi connectivity index (χ4v) is 3.05. The van der Waals surface area contributed by atoms with Crippen molar-refractivity contribution in [3.63, 3.8) is 0 Å². The molecule has 0 aliphatic heterocycles. The van der Waals surface area contributed by atoms with Gasteiger partial charge in [0, 0.05) is 9.99 Å². The summed E-state index contributed by atoms with van der Waals surface area (Å²) in [6.07, 6.45) is 0.665. The lowest BCUT2D eigenvalue weighted by Gasteiger charge is -2.07.